The van der Waals surface area contributed by atoms with Crippen LogP contribution < -0.4 is 5.32 Å². The number of anilines is 1. The lowest BCUT2D eigenvalue weighted by atomic mass is 10.2. The number of carbonyl (C=O) groups excluding carboxylic acids is 1. The highest BCUT2D eigenvalue weighted by atomic mass is 32.2. The molecular formula is C26H20N4OS2. The van der Waals surface area contributed by atoms with E-state index in [2.05, 4.69) is 10.3 Å². The Hall–Kier alpha value is -3.68. The molecule has 0 aliphatic rings. The van der Waals surface area contributed by atoms with Gasteiger partial charge in [0.15, 0.2) is 4.34 Å². The average Bonchev–Trinajstić information content (AvgIpc) is 3.52. The van der Waals surface area contributed by atoms with E-state index < -0.39 is 0 Å². The number of thioether (sulfide) groups is 1. The van der Waals surface area contributed by atoms with Crippen LogP contribution in [0.25, 0.3) is 28.2 Å². The van der Waals surface area contributed by atoms with Crippen LogP contribution in [-0.2, 0) is 4.79 Å². The Balaban J connectivity index is 1.32. The molecule has 2 aromatic heterocycles. The van der Waals surface area contributed by atoms with Crippen LogP contribution in [0.5, 0.6) is 0 Å². The first kappa shape index (κ1) is 21.2. The van der Waals surface area contributed by atoms with Gasteiger partial charge in [-0.15, -0.1) is 11.3 Å². The van der Waals surface area contributed by atoms with Crippen LogP contribution in [-0.4, -0.2) is 26.4 Å². The highest BCUT2D eigenvalue weighted by molar-refractivity contribution is 8.01. The SMILES string of the molecule is O=C(CSc1nc(-c2ccccc2)cs1)Nc1cc(-c2ccccc2)nn1-c1ccccc1. The number of nitrogens with zero attached hydrogens (tertiary/aromatic N) is 3. The number of thiazole rings is 1. The zero-order valence-corrected chi connectivity index (χ0v) is 19.2. The summed E-state index contributed by atoms with van der Waals surface area (Å²) in [6.07, 6.45) is 0. The third kappa shape index (κ3) is 5.05. The van der Waals surface area contributed by atoms with E-state index in [4.69, 9.17) is 5.10 Å². The van der Waals surface area contributed by atoms with Gasteiger partial charge in [0.25, 0.3) is 0 Å². The quantitative estimate of drug-likeness (QED) is 0.281. The van der Waals surface area contributed by atoms with Gasteiger partial charge in [-0.1, -0.05) is 90.6 Å². The molecule has 5 nitrogen and oxygen atoms in total. The van der Waals surface area contributed by atoms with E-state index in [1.54, 1.807) is 16.0 Å². The van der Waals surface area contributed by atoms with Gasteiger partial charge < -0.3 is 5.32 Å². The van der Waals surface area contributed by atoms with E-state index in [1.165, 1.54) is 11.8 Å². The molecule has 0 fully saturated rings. The maximum absolute atomic E-state index is 12.8. The van der Waals surface area contributed by atoms with Gasteiger partial charge >= 0.3 is 0 Å². The van der Waals surface area contributed by atoms with Crippen LogP contribution in [0.1, 0.15) is 0 Å². The van der Waals surface area contributed by atoms with Gasteiger partial charge in [-0.3, -0.25) is 4.79 Å². The summed E-state index contributed by atoms with van der Waals surface area (Å²) in [5.41, 5.74) is 4.68. The van der Waals surface area contributed by atoms with E-state index in [9.17, 15) is 4.79 Å². The van der Waals surface area contributed by atoms with Gasteiger partial charge in [0.2, 0.25) is 5.91 Å². The molecule has 0 aliphatic heterocycles. The molecule has 0 unspecified atom stereocenters. The maximum Gasteiger partial charge on any atom is 0.235 e. The minimum absolute atomic E-state index is 0.104. The number of aromatic nitrogens is 3. The maximum atomic E-state index is 12.8. The van der Waals surface area contributed by atoms with Crippen molar-refractivity contribution in [1.29, 1.82) is 0 Å². The smallest absolute Gasteiger partial charge is 0.235 e. The van der Waals surface area contributed by atoms with Crippen molar-refractivity contribution < 1.29 is 4.79 Å². The van der Waals surface area contributed by atoms with Crippen molar-refractivity contribution in [2.75, 3.05) is 11.1 Å². The van der Waals surface area contributed by atoms with Crippen LogP contribution in [0.3, 0.4) is 0 Å². The van der Waals surface area contributed by atoms with Crippen LogP contribution in [0, 0.1) is 0 Å². The van der Waals surface area contributed by atoms with Crippen LogP contribution in [0.2, 0.25) is 0 Å². The zero-order chi connectivity index (χ0) is 22.5. The van der Waals surface area contributed by atoms with Gasteiger partial charge in [-0.25, -0.2) is 9.67 Å². The molecule has 162 valence electrons. The number of para-hydroxylation sites is 1. The third-order valence-corrected chi connectivity index (χ3v) is 6.95. The van der Waals surface area contributed by atoms with Crippen molar-refractivity contribution >= 4 is 34.8 Å². The molecule has 0 saturated carbocycles. The summed E-state index contributed by atoms with van der Waals surface area (Å²) in [5.74, 6) is 0.797. The highest BCUT2D eigenvalue weighted by Crippen LogP contribution is 2.29. The van der Waals surface area contributed by atoms with Gasteiger partial charge in [0.1, 0.15) is 5.82 Å². The standard InChI is InChI=1S/C26H20N4OS2/c31-25(18-33-26-27-23(17-32-26)20-12-6-2-7-13-20)28-24-16-22(19-10-4-1-5-11-19)29-30(24)21-14-8-3-9-15-21/h1-17H,18H2,(H,28,31). The number of nitrogens with one attached hydrogen (secondary N) is 1. The van der Waals surface area contributed by atoms with Crippen molar-refractivity contribution in [2.24, 2.45) is 0 Å². The molecule has 0 spiro atoms. The Morgan fingerprint density at radius 3 is 2.12 bits per heavy atom. The second kappa shape index (κ2) is 9.85. The molecule has 0 bridgehead atoms. The highest BCUT2D eigenvalue weighted by Gasteiger charge is 2.15. The van der Waals surface area contributed by atoms with Crippen LogP contribution >= 0.6 is 23.1 Å². The number of amides is 1. The normalized spacial score (nSPS) is 10.8. The molecule has 0 saturated heterocycles. The van der Waals surface area contributed by atoms with Gasteiger partial charge in [0.05, 0.1) is 22.8 Å². The topological polar surface area (TPSA) is 59.8 Å². The van der Waals surface area contributed by atoms with Crippen molar-refractivity contribution in [3.63, 3.8) is 0 Å². The third-order valence-electron chi connectivity index (χ3n) is 4.93. The first-order chi connectivity index (χ1) is 16.3. The molecule has 0 atom stereocenters. The van der Waals surface area contributed by atoms with Gasteiger partial charge in [-0.05, 0) is 12.1 Å². The average molecular weight is 469 g/mol. The summed E-state index contributed by atoms with van der Waals surface area (Å²) >= 11 is 2.98. The Morgan fingerprint density at radius 2 is 1.45 bits per heavy atom. The number of hydrogen-bond donors (Lipinski definition) is 1. The lowest BCUT2D eigenvalue weighted by molar-refractivity contribution is -0.113. The van der Waals surface area contributed by atoms with Crippen LogP contribution in [0.4, 0.5) is 5.82 Å². The molecule has 5 aromatic rings. The number of carbonyl (C=O) groups is 1. The fourth-order valence-electron chi connectivity index (χ4n) is 3.36. The lowest BCUT2D eigenvalue weighted by Crippen LogP contribution is -2.16. The number of hydrogen-bond acceptors (Lipinski definition) is 5. The molecule has 5 rings (SSSR count). The first-order valence-electron chi connectivity index (χ1n) is 10.4. The molecule has 2 heterocycles. The molecule has 7 heteroatoms. The second-order valence-corrected chi connectivity index (χ2v) is 9.31. The minimum Gasteiger partial charge on any atom is -0.310 e. The van der Waals surface area contributed by atoms with E-state index in [-0.39, 0.29) is 11.7 Å². The van der Waals surface area contributed by atoms with E-state index in [0.717, 1.165) is 32.5 Å². The Kier molecular flexibility index (Phi) is 6.32. The molecule has 33 heavy (non-hydrogen) atoms. The minimum atomic E-state index is -0.104. The van der Waals surface area contributed by atoms with Crippen molar-refractivity contribution in [3.05, 3.63) is 102 Å². The summed E-state index contributed by atoms with van der Waals surface area (Å²) in [6, 6.07) is 31.7. The van der Waals surface area contributed by atoms with Crippen molar-refractivity contribution in [1.82, 2.24) is 14.8 Å². The first-order valence-corrected chi connectivity index (χ1v) is 12.3. The number of rotatable bonds is 7. The molecule has 3 aromatic carbocycles. The summed E-state index contributed by atoms with van der Waals surface area (Å²) in [5, 5.41) is 9.79. The van der Waals surface area contributed by atoms with Crippen LogP contribution in [0.15, 0.2) is 107 Å². The predicted octanol–water partition coefficient (Wildman–Crippen LogP) is 6.39. The summed E-state index contributed by atoms with van der Waals surface area (Å²) in [6.45, 7) is 0. The fraction of sp³-hybridized carbons (Fsp3) is 0.0385. The summed E-state index contributed by atoms with van der Waals surface area (Å²) < 4.78 is 2.63. The Bertz CT molecular complexity index is 1350. The van der Waals surface area contributed by atoms with E-state index >= 15 is 0 Å². The van der Waals surface area contributed by atoms with Crippen molar-refractivity contribution in [3.8, 4) is 28.2 Å². The van der Waals surface area contributed by atoms with E-state index in [0.29, 0.717) is 5.82 Å². The zero-order valence-electron chi connectivity index (χ0n) is 17.6. The fourth-order valence-corrected chi connectivity index (χ4v) is 4.99. The molecule has 0 aliphatic carbocycles. The molecule has 1 amide bonds. The molecule has 1 N–H and O–H groups in total. The largest absolute Gasteiger partial charge is 0.310 e. The van der Waals surface area contributed by atoms with Gasteiger partial charge in [-0.2, -0.15) is 5.10 Å². The molecule has 0 radical (unpaired) electrons. The lowest BCUT2D eigenvalue weighted by Gasteiger charge is -2.08. The molecular weight excluding hydrogens is 448 g/mol. The monoisotopic (exact) mass is 468 g/mol. The van der Waals surface area contributed by atoms with Gasteiger partial charge in [0, 0.05) is 22.6 Å². The van der Waals surface area contributed by atoms with E-state index in [1.807, 2.05) is 102 Å². The number of benzene rings is 3. The second-order valence-electron chi connectivity index (χ2n) is 7.23. The Morgan fingerprint density at radius 1 is 0.848 bits per heavy atom. The Labute approximate surface area is 200 Å². The predicted molar refractivity (Wildman–Crippen MR) is 136 cm³/mol. The summed E-state index contributed by atoms with van der Waals surface area (Å²) in [4.78, 5) is 17.4. The van der Waals surface area contributed by atoms with Crippen molar-refractivity contribution in [2.45, 2.75) is 4.34 Å². The summed E-state index contributed by atoms with van der Waals surface area (Å²) in [7, 11) is 0.